The minimum atomic E-state index is -1.02. The molecule has 2 aliphatic rings. The second-order valence-corrected chi connectivity index (χ2v) is 9.01. The molecule has 4 rings (SSSR count). The molecule has 4 atom stereocenters. The normalized spacial score (nSPS) is 25.8. The number of aliphatic hydroxyl groups is 2. The van der Waals surface area contributed by atoms with E-state index >= 15 is 0 Å². The minimum Gasteiger partial charge on any atom is -0.447 e. The molecule has 166 valence electrons. The van der Waals surface area contributed by atoms with Gasteiger partial charge in [-0.05, 0) is 47.4 Å². The molecule has 2 aromatic rings. The molecular formula is C26H33NO4. The third-order valence-corrected chi connectivity index (χ3v) is 6.25. The van der Waals surface area contributed by atoms with Crippen molar-refractivity contribution in [2.75, 3.05) is 0 Å². The zero-order valence-electron chi connectivity index (χ0n) is 18.6. The van der Waals surface area contributed by atoms with Crippen LogP contribution in [0.3, 0.4) is 0 Å². The maximum absolute atomic E-state index is 10.0. The summed E-state index contributed by atoms with van der Waals surface area (Å²) in [6.45, 7) is 6.50. The molecule has 1 fully saturated rings. The Kier molecular flexibility index (Phi) is 6.75. The molecule has 0 amide bonds. The highest BCUT2D eigenvalue weighted by Gasteiger charge is 2.33. The number of aliphatic hydroxyl groups excluding tert-OH is 2. The third-order valence-electron chi connectivity index (χ3n) is 6.25. The molecule has 0 spiro atoms. The van der Waals surface area contributed by atoms with Gasteiger partial charge in [-0.15, -0.1) is 0 Å². The van der Waals surface area contributed by atoms with Crippen molar-refractivity contribution in [3.63, 3.8) is 0 Å². The van der Waals surface area contributed by atoms with E-state index in [1.807, 2.05) is 0 Å². The smallest absolute Gasteiger partial charge is 0.219 e. The SMILES string of the molecule is CCc1ccc(Cc2cccc3c2C(O[C@H]2C[C@@H](O)C[C@@H](O)O2)=NC(C(C)C)C3)cc1. The summed E-state index contributed by atoms with van der Waals surface area (Å²) in [4.78, 5) is 4.95. The number of benzene rings is 2. The van der Waals surface area contributed by atoms with Crippen LogP contribution in [0.2, 0.25) is 0 Å². The van der Waals surface area contributed by atoms with Crippen LogP contribution in [0.5, 0.6) is 0 Å². The second-order valence-electron chi connectivity index (χ2n) is 9.01. The summed E-state index contributed by atoms with van der Waals surface area (Å²) in [6.07, 6.45) is 0.832. The fraction of sp³-hybridized carbons (Fsp3) is 0.500. The van der Waals surface area contributed by atoms with E-state index in [4.69, 9.17) is 14.5 Å². The lowest BCUT2D eigenvalue weighted by molar-refractivity contribution is -0.246. The largest absolute Gasteiger partial charge is 0.447 e. The van der Waals surface area contributed by atoms with Crippen molar-refractivity contribution >= 4 is 5.90 Å². The van der Waals surface area contributed by atoms with Gasteiger partial charge in [-0.2, -0.15) is 0 Å². The first-order valence-corrected chi connectivity index (χ1v) is 11.4. The number of nitrogens with zero attached hydrogens (tertiary/aromatic N) is 1. The average molecular weight is 424 g/mol. The van der Waals surface area contributed by atoms with Crippen molar-refractivity contribution in [2.24, 2.45) is 10.9 Å². The van der Waals surface area contributed by atoms with Crippen molar-refractivity contribution in [3.05, 3.63) is 70.3 Å². The molecular weight excluding hydrogens is 390 g/mol. The second kappa shape index (κ2) is 9.51. The van der Waals surface area contributed by atoms with E-state index in [0.717, 1.165) is 24.8 Å². The number of ether oxygens (including phenoxy) is 2. The van der Waals surface area contributed by atoms with Gasteiger partial charge in [-0.1, -0.05) is 63.2 Å². The van der Waals surface area contributed by atoms with Crippen LogP contribution in [0.4, 0.5) is 0 Å². The van der Waals surface area contributed by atoms with Crippen molar-refractivity contribution in [1.82, 2.24) is 0 Å². The highest BCUT2D eigenvalue weighted by Crippen LogP contribution is 2.30. The number of fused-ring (bicyclic) bond motifs is 1. The van der Waals surface area contributed by atoms with Gasteiger partial charge < -0.3 is 19.7 Å². The number of hydrogen-bond acceptors (Lipinski definition) is 5. The van der Waals surface area contributed by atoms with Crippen LogP contribution in [0.25, 0.3) is 0 Å². The summed E-state index contributed by atoms with van der Waals surface area (Å²) in [7, 11) is 0. The van der Waals surface area contributed by atoms with Crippen molar-refractivity contribution in [2.45, 2.75) is 77.6 Å². The Labute approximate surface area is 184 Å². The van der Waals surface area contributed by atoms with Crippen molar-refractivity contribution in [1.29, 1.82) is 0 Å². The van der Waals surface area contributed by atoms with Gasteiger partial charge in [0.2, 0.25) is 12.2 Å². The molecule has 2 aromatic carbocycles. The lowest BCUT2D eigenvalue weighted by atomic mass is 9.87. The molecule has 5 nitrogen and oxygen atoms in total. The summed E-state index contributed by atoms with van der Waals surface area (Å²) in [5, 5.41) is 20.0. The molecule has 1 unspecified atom stereocenters. The van der Waals surface area contributed by atoms with Crippen LogP contribution >= 0.6 is 0 Å². The van der Waals surface area contributed by atoms with E-state index in [0.29, 0.717) is 18.2 Å². The van der Waals surface area contributed by atoms with Crippen molar-refractivity contribution < 1.29 is 19.7 Å². The maximum Gasteiger partial charge on any atom is 0.219 e. The quantitative estimate of drug-likeness (QED) is 0.763. The predicted octanol–water partition coefficient (Wildman–Crippen LogP) is 4.00. The standard InChI is InChI=1S/C26H33NO4/c1-4-17-8-10-18(11-9-17)12-19-6-5-7-20-13-22(16(2)3)27-26(25(19)20)31-24-15-21(28)14-23(29)30-24/h5-11,16,21-24,28-29H,4,12-15H2,1-3H3/t21-,22?,23-,24-/m0/s1. The number of aliphatic imine (C=N–C) groups is 1. The zero-order valence-corrected chi connectivity index (χ0v) is 18.6. The number of hydrogen-bond donors (Lipinski definition) is 2. The summed E-state index contributed by atoms with van der Waals surface area (Å²) in [5.74, 6) is 0.937. The van der Waals surface area contributed by atoms with Gasteiger partial charge >= 0.3 is 0 Å². The van der Waals surface area contributed by atoms with Crippen LogP contribution in [0.15, 0.2) is 47.5 Å². The summed E-state index contributed by atoms with van der Waals surface area (Å²) < 4.78 is 11.7. The van der Waals surface area contributed by atoms with Crippen LogP contribution in [0.1, 0.15) is 61.4 Å². The first kappa shape index (κ1) is 22.0. The maximum atomic E-state index is 10.0. The Morgan fingerprint density at radius 1 is 1.06 bits per heavy atom. The van der Waals surface area contributed by atoms with E-state index in [2.05, 4.69) is 63.2 Å². The Hall–Kier alpha value is -2.21. The van der Waals surface area contributed by atoms with Gasteiger partial charge in [-0.3, -0.25) is 0 Å². The topological polar surface area (TPSA) is 71.3 Å². The van der Waals surface area contributed by atoms with E-state index in [-0.39, 0.29) is 12.5 Å². The molecule has 2 heterocycles. The third kappa shape index (κ3) is 5.17. The predicted molar refractivity (Wildman–Crippen MR) is 121 cm³/mol. The van der Waals surface area contributed by atoms with Gasteiger partial charge in [-0.25, -0.2) is 4.99 Å². The van der Waals surface area contributed by atoms with Crippen LogP contribution < -0.4 is 0 Å². The number of rotatable bonds is 5. The number of aryl methyl sites for hydroxylation is 1. The Balaban J connectivity index is 1.66. The Morgan fingerprint density at radius 3 is 2.48 bits per heavy atom. The minimum absolute atomic E-state index is 0.125. The molecule has 5 heteroatoms. The molecule has 0 aliphatic carbocycles. The molecule has 1 saturated heterocycles. The molecule has 2 aliphatic heterocycles. The lowest BCUT2D eigenvalue weighted by Gasteiger charge is -2.33. The van der Waals surface area contributed by atoms with Crippen LogP contribution in [0, 0.1) is 5.92 Å². The summed E-state index contributed by atoms with van der Waals surface area (Å²) >= 11 is 0. The average Bonchev–Trinajstić information content (AvgIpc) is 2.73. The molecule has 31 heavy (non-hydrogen) atoms. The lowest BCUT2D eigenvalue weighted by Crippen LogP contribution is -2.39. The van der Waals surface area contributed by atoms with E-state index in [1.54, 1.807) is 0 Å². The van der Waals surface area contributed by atoms with E-state index in [9.17, 15) is 10.2 Å². The van der Waals surface area contributed by atoms with Gasteiger partial charge in [0.25, 0.3) is 0 Å². The van der Waals surface area contributed by atoms with Crippen molar-refractivity contribution in [3.8, 4) is 0 Å². The van der Waals surface area contributed by atoms with Gasteiger partial charge in [0.15, 0.2) is 6.29 Å². The van der Waals surface area contributed by atoms with Gasteiger partial charge in [0.1, 0.15) is 0 Å². The Morgan fingerprint density at radius 2 is 1.81 bits per heavy atom. The molecule has 2 N–H and O–H groups in total. The van der Waals surface area contributed by atoms with E-state index < -0.39 is 18.7 Å². The zero-order chi connectivity index (χ0) is 22.0. The first-order chi connectivity index (χ1) is 14.9. The monoisotopic (exact) mass is 423 g/mol. The molecule has 0 saturated carbocycles. The summed E-state index contributed by atoms with van der Waals surface area (Å²) in [6, 6.07) is 15.3. The molecule has 0 bridgehead atoms. The first-order valence-electron chi connectivity index (χ1n) is 11.4. The van der Waals surface area contributed by atoms with Gasteiger partial charge in [0, 0.05) is 18.4 Å². The fourth-order valence-corrected chi connectivity index (χ4v) is 4.36. The highest BCUT2D eigenvalue weighted by atomic mass is 16.7. The fourth-order valence-electron chi connectivity index (χ4n) is 4.36. The van der Waals surface area contributed by atoms with Crippen LogP contribution in [-0.2, 0) is 28.7 Å². The van der Waals surface area contributed by atoms with Crippen LogP contribution in [-0.4, -0.2) is 40.8 Å². The molecule has 0 aromatic heterocycles. The molecule has 0 radical (unpaired) electrons. The summed E-state index contributed by atoms with van der Waals surface area (Å²) in [5.41, 5.74) is 5.99. The van der Waals surface area contributed by atoms with Gasteiger partial charge in [0.05, 0.1) is 12.1 Å². The van der Waals surface area contributed by atoms with E-state index in [1.165, 1.54) is 22.3 Å². The Bertz CT molecular complexity index is 912. The highest BCUT2D eigenvalue weighted by molar-refractivity contribution is 5.98.